The van der Waals surface area contributed by atoms with Crippen molar-refractivity contribution < 1.29 is 9.47 Å². The van der Waals surface area contributed by atoms with Gasteiger partial charge in [0.25, 0.3) is 0 Å². The summed E-state index contributed by atoms with van der Waals surface area (Å²) in [7, 11) is 0. The van der Waals surface area contributed by atoms with Crippen LogP contribution in [0, 0.1) is 0 Å². The Hall–Kier alpha value is -1.37. The van der Waals surface area contributed by atoms with E-state index in [-0.39, 0.29) is 0 Å². The third-order valence-corrected chi connectivity index (χ3v) is 5.16. The lowest BCUT2D eigenvalue weighted by Crippen LogP contribution is -2.23. The van der Waals surface area contributed by atoms with Crippen LogP contribution in [0.5, 0.6) is 11.5 Å². The Kier molecular flexibility index (Phi) is 3.90. The highest BCUT2D eigenvalue weighted by Gasteiger charge is 2.28. The summed E-state index contributed by atoms with van der Waals surface area (Å²) in [5, 5.41) is 4.13. The lowest BCUT2D eigenvalue weighted by atomic mass is 10.0. The Morgan fingerprint density at radius 3 is 2.95 bits per heavy atom. The first-order valence-corrected chi connectivity index (χ1v) is 8.57. The molecule has 22 heavy (non-hydrogen) atoms. The maximum Gasteiger partial charge on any atom is 0.161 e. The van der Waals surface area contributed by atoms with Gasteiger partial charge in [-0.2, -0.15) is 0 Å². The summed E-state index contributed by atoms with van der Waals surface area (Å²) in [6.45, 7) is 3.03. The van der Waals surface area contributed by atoms with Gasteiger partial charge in [0.15, 0.2) is 11.5 Å². The fourth-order valence-electron chi connectivity index (χ4n) is 3.14. The molecule has 0 unspecified atom stereocenters. The number of hydrogen-bond acceptors (Lipinski definition) is 6. The molecule has 2 aromatic rings. The van der Waals surface area contributed by atoms with Crippen LogP contribution in [0.3, 0.4) is 0 Å². The van der Waals surface area contributed by atoms with Gasteiger partial charge in [0.05, 0.1) is 0 Å². The van der Waals surface area contributed by atoms with E-state index >= 15 is 0 Å². The van der Waals surface area contributed by atoms with Crippen molar-refractivity contribution >= 4 is 23.1 Å². The summed E-state index contributed by atoms with van der Waals surface area (Å²) < 4.78 is 15.9. The standard InChI is InChI=1S/C15H16ClN3O2S/c16-15-11(17-18-22-15)9-19-5-1-2-12(19)10-3-4-13-14(8-10)21-7-6-20-13/h3-4,8,12H,1-2,5-7,9H2/t12-/m0/s1. The van der Waals surface area contributed by atoms with Crippen molar-refractivity contribution in [2.45, 2.75) is 25.4 Å². The fourth-order valence-corrected chi connectivity index (χ4v) is 3.76. The first-order chi connectivity index (χ1) is 10.8. The van der Waals surface area contributed by atoms with Gasteiger partial charge >= 0.3 is 0 Å². The highest BCUT2D eigenvalue weighted by atomic mass is 35.5. The second-order valence-corrected chi connectivity index (χ2v) is 6.88. The van der Waals surface area contributed by atoms with Crippen molar-refractivity contribution in [3.05, 3.63) is 33.8 Å². The average molecular weight is 338 g/mol. The molecule has 4 rings (SSSR count). The van der Waals surface area contributed by atoms with Crippen molar-refractivity contribution in [1.82, 2.24) is 14.5 Å². The topological polar surface area (TPSA) is 47.5 Å². The molecule has 0 aliphatic carbocycles. The van der Waals surface area contributed by atoms with Gasteiger partial charge in [0.1, 0.15) is 23.2 Å². The minimum Gasteiger partial charge on any atom is -0.486 e. The molecule has 0 N–H and O–H groups in total. The van der Waals surface area contributed by atoms with Crippen LogP contribution in [0.1, 0.15) is 30.1 Å². The maximum absolute atomic E-state index is 6.14. The summed E-state index contributed by atoms with van der Waals surface area (Å²) in [6, 6.07) is 6.63. The zero-order chi connectivity index (χ0) is 14.9. The predicted octanol–water partition coefficient (Wildman–Crippen LogP) is 3.30. The van der Waals surface area contributed by atoms with E-state index in [0.29, 0.717) is 23.6 Å². The molecule has 1 atom stereocenters. The summed E-state index contributed by atoms with van der Waals surface area (Å²) in [5.41, 5.74) is 2.14. The van der Waals surface area contributed by atoms with Crippen molar-refractivity contribution in [1.29, 1.82) is 0 Å². The summed E-state index contributed by atoms with van der Waals surface area (Å²) >= 11 is 7.38. The molecule has 3 heterocycles. The molecule has 0 spiro atoms. The number of benzene rings is 1. The average Bonchev–Trinajstić information content (AvgIpc) is 3.17. The van der Waals surface area contributed by atoms with E-state index in [0.717, 1.165) is 36.7 Å². The van der Waals surface area contributed by atoms with Gasteiger partial charge in [-0.15, -0.1) is 5.10 Å². The molecule has 5 nitrogen and oxygen atoms in total. The molecule has 1 aromatic carbocycles. The molecule has 1 saturated heterocycles. The molecule has 0 saturated carbocycles. The Balaban J connectivity index is 1.57. The summed E-state index contributed by atoms with van der Waals surface area (Å²) in [6.07, 6.45) is 2.31. The largest absolute Gasteiger partial charge is 0.486 e. The number of hydrogen-bond donors (Lipinski definition) is 0. The van der Waals surface area contributed by atoms with Crippen molar-refractivity contribution in [3.8, 4) is 11.5 Å². The monoisotopic (exact) mass is 337 g/mol. The van der Waals surface area contributed by atoms with Gasteiger partial charge < -0.3 is 9.47 Å². The van der Waals surface area contributed by atoms with Crippen molar-refractivity contribution in [3.63, 3.8) is 0 Å². The lowest BCUT2D eigenvalue weighted by molar-refractivity contribution is 0.170. The van der Waals surface area contributed by atoms with Gasteiger partial charge in [-0.1, -0.05) is 22.2 Å². The number of rotatable bonds is 3. The Morgan fingerprint density at radius 2 is 2.14 bits per heavy atom. The Bertz CT molecular complexity index is 679. The zero-order valence-electron chi connectivity index (χ0n) is 12.0. The fraction of sp³-hybridized carbons (Fsp3) is 0.467. The molecule has 7 heteroatoms. The first kappa shape index (κ1) is 14.2. The van der Waals surface area contributed by atoms with Crippen LogP contribution in [-0.4, -0.2) is 34.2 Å². The number of aromatic nitrogens is 2. The van der Waals surface area contributed by atoms with E-state index in [1.807, 2.05) is 6.07 Å². The SMILES string of the molecule is Clc1snnc1CN1CCC[C@H]1c1ccc2c(c1)OCCO2. The van der Waals surface area contributed by atoms with Crippen molar-refractivity contribution in [2.24, 2.45) is 0 Å². The molecular weight excluding hydrogens is 322 g/mol. The third-order valence-electron chi connectivity index (χ3n) is 4.18. The van der Waals surface area contributed by atoms with Crippen molar-refractivity contribution in [2.75, 3.05) is 19.8 Å². The maximum atomic E-state index is 6.14. The van der Waals surface area contributed by atoms with E-state index < -0.39 is 0 Å². The molecule has 1 fully saturated rings. The molecular formula is C15H16ClN3O2S. The van der Waals surface area contributed by atoms with Gasteiger partial charge in [-0.25, -0.2) is 0 Å². The second-order valence-electron chi connectivity index (χ2n) is 5.52. The predicted molar refractivity (Wildman–Crippen MR) is 84.7 cm³/mol. The molecule has 0 radical (unpaired) electrons. The highest BCUT2D eigenvalue weighted by Crippen LogP contribution is 2.39. The van der Waals surface area contributed by atoms with E-state index in [4.69, 9.17) is 21.1 Å². The van der Waals surface area contributed by atoms with Gasteiger partial charge in [-0.3, -0.25) is 4.90 Å². The molecule has 1 aromatic heterocycles. The number of nitrogens with zero attached hydrogens (tertiary/aromatic N) is 3. The van der Waals surface area contributed by atoms with Gasteiger partial charge in [0, 0.05) is 24.1 Å². The van der Waals surface area contributed by atoms with Gasteiger partial charge in [0.2, 0.25) is 0 Å². The van der Waals surface area contributed by atoms with E-state index in [1.165, 1.54) is 23.5 Å². The number of ether oxygens (including phenoxy) is 2. The second kappa shape index (κ2) is 6.02. The Morgan fingerprint density at radius 1 is 1.27 bits per heavy atom. The van der Waals surface area contributed by atoms with E-state index in [9.17, 15) is 0 Å². The van der Waals surface area contributed by atoms with Crippen LogP contribution in [0.2, 0.25) is 4.34 Å². The van der Waals surface area contributed by atoms with E-state index in [2.05, 4.69) is 26.6 Å². The number of halogens is 1. The number of fused-ring (bicyclic) bond motifs is 1. The first-order valence-electron chi connectivity index (χ1n) is 7.41. The van der Waals surface area contributed by atoms with Crippen LogP contribution in [-0.2, 0) is 6.54 Å². The van der Waals surface area contributed by atoms with Crippen LogP contribution < -0.4 is 9.47 Å². The van der Waals surface area contributed by atoms with Crippen LogP contribution in [0.15, 0.2) is 18.2 Å². The van der Waals surface area contributed by atoms with Crippen LogP contribution in [0.25, 0.3) is 0 Å². The molecule has 2 aliphatic heterocycles. The smallest absolute Gasteiger partial charge is 0.161 e. The summed E-state index contributed by atoms with van der Waals surface area (Å²) in [5.74, 6) is 1.69. The molecule has 0 amide bonds. The van der Waals surface area contributed by atoms with E-state index in [1.54, 1.807) is 0 Å². The third kappa shape index (κ3) is 2.66. The lowest BCUT2D eigenvalue weighted by Gasteiger charge is -2.26. The molecule has 2 aliphatic rings. The van der Waals surface area contributed by atoms with Crippen LogP contribution in [0.4, 0.5) is 0 Å². The Labute approximate surface area is 138 Å². The highest BCUT2D eigenvalue weighted by molar-refractivity contribution is 7.10. The quantitative estimate of drug-likeness (QED) is 0.860. The normalized spacial score (nSPS) is 21.2. The molecule has 0 bridgehead atoms. The zero-order valence-corrected chi connectivity index (χ0v) is 13.6. The van der Waals surface area contributed by atoms with Crippen LogP contribution >= 0.6 is 23.1 Å². The number of likely N-dealkylation sites (tertiary alicyclic amines) is 1. The summed E-state index contributed by atoms with van der Waals surface area (Å²) in [4.78, 5) is 2.41. The minimum atomic E-state index is 0.369. The van der Waals surface area contributed by atoms with Gasteiger partial charge in [-0.05, 0) is 37.1 Å². The minimum absolute atomic E-state index is 0.369. The molecule has 116 valence electrons.